The number of aryl methyl sites for hydroxylation is 1. The number of ether oxygens (including phenoxy) is 1. The first-order chi connectivity index (χ1) is 11.8. The van der Waals surface area contributed by atoms with Crippen LogP contribution in [0, 0.1) is 6.92 Å². The maximum Gasteiger partial charge on any atom is 0.227 e. The molecule has 0 aliphatic rings. The standard InChI is InChI=1S/C21H17NO2/c1-15-6-2-3-7-17(15)14-23-18-12-10-16(11-13-18)21-22-19-8-4-5-9-20(19)24-21/h2-13H,14H2,1H3. The molecule has 24 heavy (non-hydrogen) atoms. The van der Waals surface area contributed by atoms with Gasteiger partial charge in [0.05, 0.1) is 0 Å². The Kier molecular flexibility index (Phi) is 3.75. The van der Waals surface area contributed by atoms with Crippen LogP contribution in [0.25, 0.3) is 22.6 Å². The van der Waals surface area contributed by atoms with Crippen molar-refractivity contribution in [1.82, 2.24) is 4.98 Å². The van der Waals surface area contributed by atoms with E-state index in [9.17, 15) is 0 Å². The molecule has 0 atom stereocenters. The van der Waals surface area contributed by atoms with Gasteiger partial charge in [-0.1, -0.05) is 36.4 Å². The lowest BCUT2D eigenvalue weighted by molar-refractivity contribution is 0.305. The average molecular weight is 315 g/mol. The molecule has 3 nitrogen and oxygen atoms in total. The van der Waals surface area contributed by atoms with Gasteiger partial charge in [0.1, 0.15) is 17.9 Å². The van der Waals surface area contributed by atoms with Crippen molar-refractivity contribution in [3.8, 4) is 17.2 Å². The Bertz CT molecular complexity index is 937. The lowest BCUT2D eigenvalue weighted by Crippen LogP contribution is -1.97. The monoisotopic (exact) mass is 315 g/mol. The van der Waals surface area contributed by atoms with Gasteiger partial charge in [0.15, 0.2) is 5.58 Å². The summed E-state index contributed by atoms with van der Waals surface area (Å²) in [4.78, 5) is 4.51. The predicted octanol–water partition coefficient (Wildman–Crippen LogP) is 5.38. The summed E-state index contributed by atoms with van der Waals surface area (Å²) in [5.41, 5.74) is 5.04. The van der Waals surface area contributed by atoms with Crippen LogP contribution in [-0.2, 0) is 6.61 Å². The Hall–Kier alpha value is -3.07. The Morgan fingerprint density at radius 1 is 0.875 bits per heavy atom. The molecular formula is C21H17NO2. The molecule has 0 amide bonds. The third-order valence-corrected chi connectivity index (χ3v) is 4.05. The van der Waals surface area contributed by atoms with Crippen molar-refractivity contribution in [2.24, 2.45) is 0 Å². The van der Waals surface area contributed by atoms with Gasteiger partial charge in [0.25, 0.3) is 0 Å². The summed E-state index contributed by atoms with van der Waals surface area (Å²) in [6.45, 7) is 2.66. The Balaban J connectivity index is 1.51. The largest absolute Gasteiger partial charge is 0.489 e. The highest BCUT2D eigenvalue weighted by atomic mass is 16.5. The molecule has 4 aromatic rings. The van der Waals surface area contributed by atoms with Crippen molar-refractivity contribution in [3.05, 3.63) is 83.9 Å². The van der Waals surface area contributed by atoms with Gasteiger partial charge in [0, 0.05) is 5.56 Å². The van der Waals surface area contributed by atoms with Gasteiger partial charge in [-0.2, -0.15) is 0 Å². The van der Waals surface area contributed by atoms with Crippen molar-refractivity contribution in [3.63, 3.8) is 0 Å². The van der Waals surface area contributed by atoms with Crippen LogP contribution in [-0.4, -0.2) is 4.98 Å². The van der Waals surface area contributed by atoms with Gasteiger partial charge in [-0.3, -0.25) is 0 Å². The topological polar surface area (TPSA) is 35.3 Å². The zero-order chi connectivity index (χ0) is 16.4. The van der Waals surface area contributed by atoms with Crippen LogP contribution in [0.1, 0.15) is 11.1 Å². The summed E-state index contributed by atoms with van der Waals surface area (Å²) in [5, 5.41) is 0. The molecule has 3 heteroatoms. The second kappa shape index (κ2) is 6.20. The predicted molar refractivity (Wildman–Crippen MR) is 95.0 cm³/mol. The van der Waals surface area contributed by atoms with E-state index in [-0.39, 0.29) is 0 Å². The Labute approximate surface area is 140 Å². The molecule has 0 fully saturated rings. The lowest BCUT2D eigenvalue weighted by Gasteiger charge is -2.08. The zero-order valence-corrected chi connectivity index (χ0v) is 13.4. The normalized spacial score (nSPS) is 10.9. The summed E-state index contributed by atoms with van der Waals surface area (Å²) in [5.74, 6) is 1.46. The third-order valence-electron chi connectivity index (χ3n) is 4.05. The molecule has 0 bridgehead atoms. The highest BCUT2D eigenvalue weighted by Crippen LogP contribution is 2.26. The van der Waals surface area contributed by atoms with Gasteiger partial charge in [-0.25, -0.2) is 4.98 Å². The second-order valence-electron chi connectivity index (χ2n) is 5.73. The molecule has 0 N–H and O–H groups in total. The first-order valence-corrected chi connectivity index (χ1v) is 7.93. The Morgan fingerprint density at radius 2 is 1.62 bits per heavy atom. The minimum atomic E-state index is 0.564. The number of oxazole rings is 1. The average Bonchev–Trinajstić information content (AvgIpc) is 3.06. The number of benzene rings is 3. The maximum atomic E-state index is 5.87. The summed E-state index contributed by atoms with van der Waals surface area (Å²) >= 11 is 0. The molecular weight excluding hydrogens is 298 g/mol. The smallest absolute Gasteiger partial charge is 0.227 e. The van der Waals surface area contributed by atoms with E-state index >= 15 is 0 Å². The van der Waals surface area contributed by atoms with Gasteiger partial charge >= 0.3 is 0 Å². The Morgan fingerprint density at radius 3 is 2.42 bits per heavy atom. The van der Waals surface area contributed by atoms with E-state index in [0.29, 0.717) is 12.5 Å². The molecule has 0 aliphatic heterocycles. The van der Waals surface area contributed by atoms with E-state index < -0.39 is 0 Å². The van der Waals surface area contributed by atoms with Crippen LogP contribution < -0.4 is 4.74 Å². The van der Waals surface area contributed by atoms with Crippen molar-refractivity contribution in [2.45, 2.75) is 13.5 Å². The quantitative estimate of drug-likeness (QED) is 0.507. The maximum absolute atomic E-state index is 5.87. The number of aromatic nitrogens is 1. The molecule has 0 spiro atoms. The van der Waals surface area contributed by atoms with Gasteiger partial charge < -0.3 is 9.15 Å². The van der Waals surface area contributed by atoms with E-state index in [1.807, 2.05) is 60.7 Å². The third kappa shape index (κ3) is 2.88. The van der Waals surface area contributed by atoms with Crippen LogP contribution in [0.3, 0.4) is 0 Å². The van der Waals surface area contributed by atoms with Crippen LogP contribution in [0.4, 0.5) is 0 Å². The summed E-state index contributed by atoms with van der Waals surface area (Å²) in [7, 11) is 0. The van der Waals surface area contributed by atoms with Gasteiger partial charge in [0.2, 0.25) is 5.89 Å². The summed E-state index contributed by atoms with van der Waals surface area (Å²) in [6.07, 6.45) is 0. The second-order valence-corrected chi connectivity index (χ2v) is 5.73. The number of hydrogen-bond donors (Lipinski definition) is 0. The minimum absolute atomic E-state index is 0.564. The fraction of sp³-hybridized carbons (Fsp3) is 0.0952. The minimum Gasteiger partial charge on any atom is -0.489 e. The molecule has 4 rings (SSSR count). The van der Waals surface area contributed by atoms with E-state index in [1.165, 1.54) is 11.1 Å². The molecule has 3 aromatic carbocycles. The van der Waals surface area contributed by atoms with Crippen LogP contribution >= 0.6 is 0 Å². The lowest BCUT2D eigenvalue weighted by atomic mass is 10.1. The number of para-hydroxylation sites is 2. The highest BCUT2D eigenvalue weighted by Gasteiger charge is 2.08. The summed E-state index contributed by atoms with van der Waals surface area (Å²) in [6, 6.07) is 23.8. The molecule has 1 aromatic heterocycles. The van der Waals surface area contributed by atoms with E-state index in [0.717, 1.165) is 22.4 Å². The number of hydrogen-bond acceptors (Lipinski definition) is 3. The fourth-order valence-electron chi connectivity index (χ4n) is 2.62. The molecule has 0 radical (unpaired) electrons. The molecule has 1 heterocycles. The molecule has 0 aliphatic carbocycles. The number of rotatable bonds is 4. The van der Waals surface area contributed by atoms with Crippen LogP contribution in [0.15, 0.2) is 77.2 Å². The fourth-order valence-corrected chi connectivity index (χ4v) is 2.62. The summed E-state index contributed by atoms with van der Waals surface area (Å²) < 4.78 is 11.7. The molecule has 0 saturated carbocycles. The molecule has 118 valence electrons. The van der Waals surface area contributed by atoms with Gasteiger partial charge in [-0.15, -0.1) is 0 Å². The van der Waals surface area contributed by atoms with E-state index in [2.05, 4.69) is 24.0 Å². The molecule has 0 unspecified atom stereocenters. The van der Waals surface area contributed by atoms with Crippen molar-refractivity contribution < 1.29 is 9.15 Å². The van der Waals surface area contributed by atoms with Crippen molar-refractivity contribution in [2.75, 3.05) is 0 Å². The van der Waals surface area contributed by atoms with Crippen molar-refractivity contribution >= 4 is 11.1 Å². The first-order valence-electron chi connectivity index (χ1n) is 7.93. The molecule has 0 saturated heterocycles. The van der Waals surface area contributed by atoms with E-state index in [4.69, 9.17) is 9.15 Å². The van der Waals surface area contributed by atoms with Gasteiger partial charge in [-0.05, 0) is 54.4 Å². The van der Waals surface area contributed by atoms with E-state index in [1.54, 1.807) is 0 Å². The van der Waals surface area contributed by atoms with Crippen LogP contribution in [0.2, 0.25) is 0 Å². The zero-order valence-electron chi connectivity index (χ0n) is 13.4. The number of fused-ring (bicyclic) bond motifs is 1. The SMILES string of the molecule is Cc1ccccc1COc1ccc(-c2nc3ccccc3o2)cc1. The number of nitrogens with zero attached hydrogens (tertiary/aromatic N) is 1. The highest BCUT2D eigenvalue weighted by molar-refractivity contribution is 5.76. The van der Waals surface area contributed by atoms with Crippen molar-refractivity contribution in [1.29, 1.82) is 0 Å². The van der Waals surface area contributed by atoms with Crippen LogP contribution in [0.5, 0.6) is 5.75 Å². The first kappa shape index (κ1) is 14.5.